The lowest BCUT2D eigenvalue weighted by atomic mass is 9.89. The number of aliphatic hydroxyl groups excluding tert-OH is 3. The number of benzene rings is 3. The van der Waals surface area contributed by atoms with Gasteiger partial charge in [-0.2, -0.15) is 0 Å². The number of ether oxygens (including phenoxy) is 2. The third kappa shape index (κ3) is 4.98. The predicted molar refractivity (Wildman–Crippen MR) is 139 cm³/mol. The second-order valence-corrected chi connectivity index (χ2v) is 9.39. The minimum absolute atomic E-state index is 0.0482. The number of phenolic OH excluding ortho intramolecular Hbond substituents is 5. The van der Waals surface area contributed by atoms with E-state index >= 15 is 0 Å². The number of rotatable bonds is 5. The Labute approximate surface area is 229 Å². The van der Waals surface area contributed by atoms with Crippen LogP contribution in [0.2, 0.25) is 0 Å². The van der Waals surface area contributed by atoms with Crippen LogP contribution in [0.5, 0.6) is 28.7 Å². The van der Waals surface area contributed by atoms with Crippen LogP contribution in [0, 0.1) is 0 Å². The molecule has 8 N–H and O–H groups in total. The van der Waals surface area contributed by atoms with Crippen molar-refractivity contribution in [1.82, 2.24) is 0 Å². The van der Waals surface area contributed by atoms with E-state index in [-0.39, 0.29) is 28.2 Å². The summed E-state index contributed by atoms with van der Waals surface area (Å²) in [6, 6.07) is 10.5. The molecule has 0 radical (unpaired) electrons. The van der Waals surface area contributed by atoms with Gasteiger partial charge in [0.25, 0.3) is 0 Å². The highest BCUT2D eigenvalue weighted by atomic mass is 16.6. The summed E-state index contributed by atoms with van der Waals surface area (Å²) in [5.41, 5.74) is -1.42. The minimum atomic E-state index is -1.87. The van der Waals surface area contributed by atoms with Crippen molar-refractivity contribution in [3.63, 3.8) is 0 Å². The van der Waals surface area contributed by atoms with Gasteiger partial charge in [-0.3, -0.25) is 4.79 Å². The first-order chi connectivity index (χ1) is 19.5. The number of phenols is 5. The van der Waals surface area contributed by atoms with Crippen molar-refractivity contribution in [1.29, 1.82) is 0 Å². The van der Waals surface area contributed by atoms with E-state index < -0.39 is 82.5 Å². The second kappa shape index (κ2) is 10.6. The molecule has 0 aliphatic carbocycles. The van der Waals surface area contributed by atoms with E-state index in [1.807, 2.05) is 0 Å². The quantitative estimate of drug-likeness (QED) is 0.126. The monoisotopic (exact) mass is 568 g/mol. The van der Waals surface area contributed by atoms with Crippen LogP contribution in [0.1, 0.15) is 22.0 Å². The Morgan fingerprint density at radius 3 is 2.22 bits per heavy atom. The number of hydrogen-bond donors (Lipinski definition) is 8. The molecule has 1 saturated heterocycles. The van der Waals surface area contributed by atoms with Gasteiger partial charge in [-0.1, -0.05) is 0 Å². The average molecular weight is 568 g/mol. The summed E-state index contributed by atoms with van der Waals surface area (Å²) in [7, 11) is 0. The first-order valence-corrected chi connectivity index (χ1v) is 12.2. The summed E-state index contributed by atoms with van der Waals surface area (Å²) >= 11 is 0. The zero-order chi connectivity index (χ0) is 29.6. The van der Waals surface area contributed by atoms with Gasteiger partial charge >= 0.3 is 5.97 Å². The van der Waals surface area contributed by atoms with Crippen LogP contribution < -0.4 is 5.43 Å². The molecule has 3 aromatic carbocycles. The Hall–Kier alpha value is -4.82. The molecule has 2 unspecified atom stereocenters. The Kier molecular flexibility index (Phi) is 7.19. The molecule has 0 amide bonds. The van der Waals surface area contributed by atoms with Crippen molar-refractivity contribution < 1.29 is 59.5 Å². The predicted octanol–water partition coefficient (Wildman–Crippen LogP) is 1.37. The van der Waals surface area contributed by atoms with Gasteiger partial charge in [0.2, 0.25) is 0 Å². The minimum Gasteiger partial charge on any atom is -0.508 e. The van der Waals surface area contributed by atoms with Gasteiger partial charge in [0.05, 0.1) is 17.7 Å². The number of hydrogen-bond acceptors (Lipinski definition) is 13. The number of carbonyl (C=O) groups excluding carboxylic acids is 1. The molecule has 5 rings (SSSR count). The van der Waals surface area contributed by atoms with Gasteiger partial charge < -0.3 is 54.7 Å². The molecule has 214 valence electrons. The largest absolute Gasteiger partial charge is 0.508 e. The topological polar surface area (TPSA) is 228 Å². The Balaban J connectivity index is 1.60. The lowest BCUT2D eigenvalue weighted by Crippen LogP contribution is -2.56. The van der Waals surface area contributed by atoms with Crippen molar-refractivity contribution in [2.24, 2.45) is 0 Å². The smallest absolute Gasteiger partial charge is 0.338 e. The maximum Gasteiger partial charge on any atom is 0.338 e. The summed E-state index contributed by atoms with van der Waals surface area (Å²) in [5, 5.41) is 81.5. The standard InChI is InChI=1S/C28H24O13/c29-10-20-23(35)25(37)27(41-28(38)11-1-4-13(30)5-2-11)26(40-20)22-17(34)9-19-21(24(22)36)16(33)8-18(39-19)12-3-6-14(31)15(32)7-12/h1-9,20,23,25-27,29-32,34-37H,10H2/t20?,23-,25+,26+,27?/m1/s1. The third-order valence-electron chi connectivity index (χ3n) is 6.77. The van der Waals surface area contributed by atoms with E-state index in [9.17, 15) is 50.4 Å². The lowest BCUT2D eigenvalue weighted by molar-refractivity contribution is -0.232. The van der Waals surface area contributed by atoms with Crippen LogP contribution in [0.25, 0.3) is 22.3 Å². The third-order valence-corrected chi connectivity index (χ3v) is 6.77. The maximum atomic E-state index is 13.1. The summed E-state index contributed by atoms with van der Waals surface area (Å²) in [6.07, 6.45) is -8.50. The zero-order valence-corrected chi connectivity index (χ0v) is 20.9. The Bertz CT molecular complexity index is 1680. The number of aliphatic hydroxyl groups is 3. The van der Waals surface area contributed by atoms with E-state index in [4.69, 9.17) is 13.9 Å². The molecular weight excluding hydrogens is 544 g/mol. The molecule has 4 aromatic rings. The van der Waals surface area contributed by atoms with Crippen LogP contribution in [0.3, 0.4) is 0 Å². The molecule has 1 aliphatic heterocycles. The highest BCUT2D eigenvalue weighted by Crippen LogP contribution is 2.46. The molecular formula is C28H24O13. The zero-order valence-electron chi connectivity index (χ0n) is 20.9. The van der Waals surface area contributed by atoms with E-state index in [0.717, 1.165) is 18.2 Å². The molecule has 5 atom stereocenters. The summed E-state index contributed by atoms with van der Waals surface area (Å²) in [6.45, 7) is -0.798. The summed E-state index contributed by atoms with van der Waals surface area (Å²) in [5.74, 6) is -3.65. The number of carbonyl (C=O) groups is 1. The van der Waals surface area contributed by atoms with Gasteiger partial charge in [0.15, 0.2) is 23.0 Å². The van der Waals surface area contributed by atoms with Crippen LogP contribution in [-0.4, -0.2) is 77.8 Å². The molecule has 41 heavy (non-hydrogen) atoms. The Morgan fingerprint density at radius 1 is 0.854 bits per heavy atom. The normalized spacial score (nSPS) is 22.5. The molecule has 0 spiro atoms. The maximum absolute atomic E-state index is 13.1. The molecule has 1 aliphatic rings. The molecule has 2 heterocycles. The Morgan fingerprint density at radius 2 is 1.56 bits per heavy atom. The lowest BCUT2D eigenvalue weighted by Gasteiger charge is -2.42. The van der Waals surface area contributed by atoms with Gasteiger partial charge in [0, 0.05) is 17.7 Å². The van der Waals surface area contributed by atoms with Gasteiger partial charge in [0.1, 0.15) is 58.4 Å². The molecule has 1 fully saturated rings. The van der Waals surface area contributed by atoms with E-state index in [1.165, 1.54) is 36.4 Å². The molecule has 13 nitrogen and oxygen atoms in total. The number of fused-ring (bicyclic) bond motifs is 1. The summed E-state index contributed by atoms with van der Waals surface area (Å²) in [4.78, 5) is 25.9. The van der Waals surface area contributed by atoms with E-state index in [1.54, 1.807) is 0 Å². The fraction of sp³-hybridized carbons (Fsp3) is 0.214. The van der Waals surface area contributed by atoms with Gasteiger partial charge in [-0.15, -0.1) is 0 Å². The van der Waals surface area contributed by atoms with Crippen LogP contribution in [0.15, 0.2) is 63.8 Å². The first-order valence-electron chi connectivity index (χ1n) is 12.2. The fourth-order valence-electron chi connectivity index (χ4n) is 4.65. The first kappa shape index (κ1) is 27.7. The van der Waals surface area contributed by atoms with Crippen molar-refractivity contribution in [3.05, 3.63) is 75.9 Å². The fourth-order valence-corrected chi connectivity index (χ4v) is 4.65. The van der Waals surface area contributed by atoms with E-state index in [2.05, 4.69) is 0 Å². The average Bonchev–Trinajstić information content (AvgIpc) is 2.93. The molecule has 13 heteroatoms. The van der Waals surface area contributed by atoms with E-state index in [0.29, 0.717) is 0 Å². The summed E-state index contributed by atoms with van der Waals surface area (Å²) < 4.78 is 16.7. The van der Waals surface area contributed by atoms with Crippen molar-refractivity contribution in [2.45, 2.75) is 30.5 Å². The van der Waals surface area contributed by atoms with Gasteiger partial charge in [-0.05, 0) is 42.5 Å². The number of aromatic hydroxyl groups is 5. The highest BCUT2D eigenvalue weighted by Gasteiger charge is 2.49. The van der Waals surface area contributed by atoms with Crippen molar-refractivity contribution >= 4 is 16.9 Å². The highest BCUT2D eigenvalue weighted by molar-refractivity contribution is 5.90. The van der Waals surface area contributed by atoms with Crippen LogP contribution in [0.4, 0.5) is 0 Å². The van der Waals surface area contributed by atoms with Gasteiger partial charge in [-0.25, -0.2) is 4.79 Å². The molecule has 0 bridgehead atoms. The molecule has 0 saturated carbocycles. The second-order valence-electron chi connectivity index (χ2n) is 9.39. The van der Waals surface area contributed by atoms with Crippen molar-refractivity contribution in [2.75, 3.05) is 6.61 Å². The van der Waals surface area contributed by atoms with Crippen molar-refractivity contribution in [3.8, 4) is 40.1 Å². The van der Waals surface area contributed by atoms with Crippen LogP contribution in [-0.2, 0) is 9.47 Å². The SMILES string of the molecule is O=C(OC1[C@@H](O)[C@H](O)C(CO)O[C@H]1c1c(O)cc2oc(-c3ccc(O)c(O)c3)cc(=O)c2c1O)c1ccc(O)cc1. The molecule has 1 aromatic heterocycles. The number of esters is 1. The van der Waals surface area contributed by atoms with Crippen LogP contribution >= 0.6 is 0 Å².